The molecule has 1 atom stereocenters. The molecule has 0 aromatic heterocycles. The number of amides is 1. The topological polar surface area (TPSA) is 58.4 Å². The minimum Gasteiger partial charge on any atom is -0.368 e. The lowest BCUT2D eigenvalue weighted by Gasteiger charge is -2.34. The van der Waals surface area contributed by atoms with Crippen LogP contribution in [-0.4, -0.2) is 36.5 Å². The van der Waals surface area contributed by atoms with E-state index in [2.05, 4.69) is 34.5 Å². The van der Waals surface area contributed by atoms with Crippen LogP contribution in [0.2, 0.25) is 0 Å². The Morgan fingerprint density at radius 2 is 2.26 bits per heavy atom. The van der Waals surface area contributed by atoms with Gasteiger partial charge in [-0.2, -0.15) is 0 Å². The van der Waals surface area contributed by atoms with Gasteiger partial charge in [0, 0.05) is 26.2 Å². The van der Waals surface area contributed by atoms with Gasteiger partial charge in [0.25, 0.3) is 0 Å². The van der Waals surface area contributed by atoms with E-state index in [0.29, 0.717) is 6.54 Å². The first kappa shape index (κ1) is 12.6. The van der Waals surface area contributed by atoms with Gasteiger partial charge in [0.2, 0.25) is 5.91 Å². The average Bonchev–Trinajstić information content (AvgIpc) is 3.24. The quantitative estimate of drug-likeness (QED) is 0.842. The summed E-state index contributed by atoms with van der Waals surface area (Å²) in [6, 6.07) is 8.59. The fourth-order valence-corrected chi connectivity index (χ4v) is 2.81. The van der Waals surface area contributed by atoms with E-state index in [0.717, 1.165) is 25.6 Å². The molecular weight excluding hydrogens is 238 g/mol. The van der Waals surface area contributed by atoms with Gasteiger partial charge in [-0.25, -0.2) is 0 Å². The molecule has 3 rings (SSSR count). The van der Waals surface area contributed by atoms with Crippen LogP contribution < -0.4 is 11.1 Å². The van der Waals surface area contributed by atoms with Gasteiger partial charge >= 0.3 is 0 Å². The number of carbonyl (C=O) groups excluding carboxylic acids is 1. The first-order valence-electron chi connectivity index (χ1n) is 7.07. The van der Waals surface area contributed by atoms with Crippen LogP contribution in [0.4, 0.5) is 0 Å². The normalized spacial score (nSPS) is 24.3. The molecule has 1 saturated carbocycles. The first-order chi connectivity index (χ1) is 9.24. The molecule has 0 radical (unpaired) electrons. The lowest BCUT2D eigenvalue weighted by molar-refractivity contribution is -0.124. The fraction of sp³-hybridized carbons (Fsp3) is 0.533. The van der Waals surface area contributed by atoms with Crippen molar-refractivity contribution in [1.29, 1.82) is 0 Å². The molecule has 3 N–H and O–H groups in total. The van der Waals surface area contributed by atoms with E-state index < -0.39 is 0 Å². The van der Waals surface area contributed by atoms with E-state index in [1.165, 1.54) is 24.0 Å². The Labute approximate surface area is 114 Å². The first-order valence-corrected chi connectivity index (χ1v) is 7.07. The lowest BCUT2D eigenvalue weighted by Crippen LogP contribution is -2.56. The smallest absolute Gasteiger partial charge is 0.236 e. The van der Waals surface area contributed by atoms with Crippen molar-refractivity contribution < 1.29 is 4.79 Å². The number of primary amides is 1. The summed E-state index contributed by atoms with van der Waals surface area (Å²) in [5, 5.41) is 3.23. The standard InChI is InChI=1S/C15H21N3O/c16-15(19)14-9-17-6-7-18(14)10-11-2-1-3-13(8-11)12-4-5-12/h1-3,8,12,14,17H,4-7,9-10H2,(H2,16,19). The van der Waals surface area contributed by atoms with Gasteiger partial charge in [-0.1, -0.05) is 24.3 Å². The third kappa shape index (κ3) is 2.96. The van der Waals surface area contributed by atoms with Crippen LogP contribution in [0.25, 0.3) is 0 Å². The number of hydrogen-bond donors (Lipinski definition) is 2. The molecule has 1 saturated heterocycles. The van der Waals surface area contributed by atoms with Crippen LogP contribution in [0, 0.1) is 0 Å². The minimum atomic E-state index is -0.231. The van der Waals surface area contributed by atoms with E-state index in [1.807, 2.05) is 0 Å². The third-order valence-electron chi connectivity index (χ3n) is 4.07. The van der Waals surface area contributed by atoms with E-state index in [1.54, 1.807) is 0 Å². The van der Waals surface area contributed by atoms with Crippen molar-refractivity contribution in [3.8, 4) is 0 Å². The van der Waals surface area contributed by atoms with Gasteiger partial charge in [0.05, 0.1) is 0 Å². The average molecular weight is 259 g/mol. The molecule has 2 fully saturated rings. The Bertz CT molecular complexity index is 470. The van der Waals surface area contributed by atoms with Gasteiger partial charge in [-0.3, -0.25) is 9.69 Å². The van der Waals surface area contributed by atoms with Gasteiger partial charge in [-0.05, 0) is 29.9 Å². The molecule has 1 aromatic rings. The van der Waals surface area contributed by atoms with Crippen molar-refractivity contribution >= 4 is 5.91 Å². The number of rotatable bonds is 4. The highest BCUT2D eigenvalue weighted by atomic mass is 16.1. The van der Waals surface area contributed by atoms with E-state index >= 15 is 0 Å². The molecule has 102 valence electrons. The molecular formula is C15H21N3O. The van der Waals surface area contributed by atoms with E-state index in [9.17, 15) is 4.79 Å². The van der Waals surface area contributed by atoms with Gasteiger partial charge in [-0.15, -0.1) is 0 Å². The van der Waals surface area contributed by atoms with Crippen LogP contribution >= 0.6 is 0 Å². The second-order valence-electron chi connectivity index (χ2n) is 5.61. The summed E-state index contributed by atoms with van der Waals surface area (Å²) in [5.74, 6) is 0.542. The number of nitrogens with one attached hydrogen (secondary N) is 1. The minimum absolute atomic E-state index is 0.182. The monoisotopic (exact) mass is 259 g/mol. The Hall–Kier alpha value is -1.39. The summed E-state index contributed by atoms with van der Waals surface area (Å²) < 4.78 is 0. The number of nitrogens with zero attached hydrogens (tertiary/aromatic N) is 1. The zero-order valence-corrected chi connectivity index (χ0v) is 11.1. The molecule has 19 heavy (non-hydrogen) atoms. The van der Waals surface area contributed by atoms with Crippen molar-refractivity contribution in [1.82, 2.24) is 10.2 Å². The van der Waals surface area contributed by atoms with Gasteiger partial charge in [0.15, 0.2) is 0 Å². The van der Waals surface area contributed by atoms with E-state index in [4.69, 9.17) is 5.73 Å². The van der Waals surface area contributed by atoms with Crippen LogP contribution in [0.3, 0.4) is 0 Å². The predicted octanol–water partition coefficient (Wildman–Crippen LogP) is 0.823. The predicted molar refractivity (Wildman–Crippen MR) is 74.7 cm³/mol. The number of benzene rings is 1. The maximum atomic E-state index is 11.5. The van der Waals surface area contributed by atoms with Crippen LogP contribution in [-0.2, 0) is 11.3 Å². The highest BCUT2D eigenvalue weighted by Crippen LogP contribution is 2.40. The van der Waals surface area contributed by atoms with Crippen molar-refractivity contribution in [3.05, 3.63) is 35.4 Å². The zero-order chi connectivity index (χ0) is 13.2. The molecule has 1 heterocycles. The second-order valence-corrected chi connectivity index (χ2v) is 5.61. The summed E-state index contributed by atoms with van der Waals surface area (Å²) in [6.07, 6.45) is 2.64. The number of carbonyl (C=O) groups is 1. The van der Waals surface area contributed by atoms with Crippen molar-refractivity contribution in [2.75, 3.05) is 19.6 Å². The number of hydrogen-bond acceptors (Lipinski definition) is 3. The van der Waals surface area contributed by atoms with Gasteiger partial charge < -0.3 is 11.1 Å². The molecule has 1 unspecified atom stereocenters. The Kier molecular flexibility index (Phi) is 3.53. The fourth-order valence-electron chi connectivity index (χ4n) is 2.81. The van der Waals surface area contributed by atoms with Crippen LogP contribution in [0.1, 0.15) is 29.9 Å². The molecule has 0 spiro atoms. The third-order valence-corrected chi connectivity index (χ3v) is 4.07. The maximum absolute atomic E-state index is 11.5. The van der Waals surface area contributed by atoms with Crippen molar-refractivity contribution in [2.24, 2.45) is 5.73 Å². The van der Waals surface area contributed by atoms with Crippen molar-refractivity contribution in [3.63, 3.8) is 0 Å². The maximum Gasteiger partial charge on any atom is 0.236 e. The number of piperazine rings is 1. The largest absolute Gasteiger partial charge is 0.368 e. The second kappa shape index (κ2) is 5.31. The molecule has 2 aliphatic rings. The highest BCUT2D eigenvalue weighted by Gasteiger charge is 2.27. The summed E-state index contributed by atoms with van der Waals surface area (Å²) in [6.45, 7) is 3.28. The van der Waals surface area contributed by atoms with Crippen LogP contribution in [0.5, 0.6) is 0 Å². The lowest BCUT2D eigenvalue weighted by atomic mass is 10.1. The Morgan fingerprint density at radius 3 is 3.00 bits per heavy atom. The highest BCUT2D eigenvalue weighted by molar-refractivity contribution is 5.80. The number of nitrogens with two attached hydrogens (primary N) is 1. The molecule has 1 aliphatic carbocycles. The molecule has 1 aliphatic heterocycles. The summed E-state index contributed by atoms with van der Waals surface area (Å²) in [5.41, 5.74) is 8.22. The molecule has 4 nitrogen and oxygen atoms in total. The zero-order valence-electron chi connectivity index (χ0n) is 11.1. The van der Waals surface area contributed by atoms with Gasteiger partial charge in [0.1, 0.15) is 6.04 Å². The van der Waals surface area contributed by atoms with Crippen molar-refractivity contribution in [2.45, 2.75) is 31.3 Å². The molecule has 4 heteroatoms. The molecule has 1 amide bonds. The SMILES string of the molecule is NC(=O)C1CNCCN1Cc1cccc(C2CC2)c1. The Balaban J connectivity index is 1.71. The summed E-state index contributed by atoms with van der Waals surface area (Å²) in [7, 11) is 0. The van der Waals surface area contributed by atoms with E-state index in [-0.39, 0.29) is 11.9 Å². The summed E-state index contributed by atoms with van der Waals surface area (Å²) in [4.78, 5) is 13.7. The molecule has 1 aromatic carbocycles. The Morgan fingerprint density at radius 1 is 1.42 bits per heavy atom. The summed E-state index contributed by atoms with van der Waals surface area (Å²) >= 11 is 0. The molecule has 0 bridgehead atoms. The van der Waals surface area contributed by atoms with Crippen LogP contribution in [0.15, 0.2) is 24.3 Å².